The van der Waals surface area contributed by atoms with E-state index in [1.807, 2.05) is 23.5 Å². The summed E-state index contributed by atoms with van der Waals surface area (Å²) < 4.78 is 0. The average molecular weight is 292 g/mol. The molecule has 0 aliphatic carbocycles. The lowest BCUT2D eigenvalue weighted by molar-refractivity contribution is 0.424. The molecule has 0 saturated carbocycles. The number of aromatic nitrogens is 1. The summed E-state index contributed by atoms with van der Waals surface area (Å²) in [6.07, 6.45) is 1.94. The Kier molecular flexibility index (Phi) is 5.02. The van der Waals surface area contributed by atoms with Crippen molar-refractivity contribution in [2.75, 3.05) is 0 Å². The van der Waals surface area contributed by atoms with Crippen molar-refractivity contribution in [1.29, 1.82) is 0 Å². The topological polar surface area (TPSA) is 24.9 Å². The van der Waals surface area contributed by atoms with E-state index in [9.17, 15) is 0 Å². The van der Waals surface area contributed by atoms with E-state index in [1.54, 1.807) is 11.3 Å². The highest BCUT2D eigenvalue weighted by Gasteiger charge is 2.08. The largest absolute Gasteiger partial charge is 0.308 e. The molecule has 0 unspecified atom stereocenters. The van der Waals surface area contributed by atoms with E-state index >= 15 is 0 Å². The van der Waals surface area contributed by atoms with E-state index in [1.165, 1.54) is 15.3 Å². The Morgan fingerprint density at radius 1 is 1.21 bits per heavy atom. The number of nitrogens with one attached hydrogen (secondary N) is 1. The van der Waals surface area contributed by atoms with Gasteiger partial charge in [-0.2, -0.15) is 0 Å². The average Bonchev–Trinajstić information content (AvgIpc) is 2.87. The van der Waals surface area contributed by atoms with Gasteiger partial charge in [0.1, 0.15) is 0 Å². The summed E-state index contributed by atoms with van der Waals surface area (Å²) in [5, 5.41) is 3.50. The third kappa shape index (κ3) is 5.35. The number of hydrogen-bond acceptors (Lipinski definition) is 4. The number of thiazole rings is 1. The molecule has 1 heterocycles. The van der Waals surface area contributed by atoms with Crippen LogP contribution in [-0.2, 0) is 12.3 Å². The Balaban J connectivity index is 1.84. The fourth-order valence-corrected chi connectivity index (χ4v) is 3.08. The lowest BCUT2D eigenvalue weighted by Crippen LogP contribution is -2.35. The number of thioether (sulfide) groups is 1. The quantitative estimate of drug-likeness (QED) is 0.831. The first-order valence-electron chi connectivity index (χ1n) is 6.37. The molecule has 0 saturated heterocycles. The molecule has 2 aromatic rings. The molecule has 19 heavy (non-hydrogen) atoms. The minimum atomic E-state index is 0.166. The van der Waals surface area contributed by atoms with Crippen molar-refractivity contribution in [1.82, 2.24) is 10.3 Å². The van der Waals surface area contributed by atoms with Crippen molar-refractivity contribution >= 4 is 23.1 Å². The van der Waals surface area contributed by atoms with Crippen LogP contribution in [0.5, 0.6) is 0 Å². The first-order chi connectivity index (χ1) is 9.03. The Hall–Kier alpha value is -0.840. The molecule has 0 aliphatic rings. The third-order valence-electron chi connectivity index (χ3n) is 2.61. The number of hydrogen-bond donors (Lipinski definition) is 1. The molecule has 4 heteroatoms. The van der Waals surface area contributed by atoms with Gasteiger partial charge in [0.2, 0.25) is 0 Å². The standard InChI is InChI=1S/C15H20N2S2/c1-15(2,3)17-8-12-4-6-13(7-5-12)18-10-14-9-16-11-19-14/h4-7,9,11,17H,8,10H2,1-3H3. The summed E-state index contributed by atoms with van der Waals surface area (Å²) in [7, 11) is 0. The summed E-state index contributed by atoms with van der Waals surface area (Å²) in [6, 6.07) is 8.80. The second-order valence-electron chi connectivity index (χ2n) is 5.50. The monoisotopic (exact) mass is 292 g/mol. The Bertz CT molecular complexity index is 484. The van der Waals surface area contributed by atoms with Crippen molar-refractivity contribution in [3.8, 4) is 0 Å². The van der Waals surface area contributed by atoms with Gasteiger partial charge in [-0.1, -0.05) is 12.1 Å². The Morgan fingerprint density at radius 2 is 1.95 bits per heavy atom. The zero-order valence-electron chi connectivity index (χ0n) is 11.6. The fraction of sp³-hybridized carbons (Fsp3) is 0.400. The molecule has 1 aromatic heterocycles. The van der Waals surface area contributed by atoms with Gasteiger partial charge in [-0.05, 0) is 38.5 Å². The lowest BCUT2D eigenvalue weighted by Gasteiger charge is -2.20. The molecule has 0 atom stereocenters. The minimum absolute atomic E-state index is 0.166. The molecule has 2 rings (SSSR count). The van der Waals surface area contributed by atoms with E-state index in [2.05, 4.69) is 55.3 Å². The SMILES string of the molecule is CC(C)(C)NCc1ccc(SCc2cncs2)cc1. The molecular formula is C15H20N2S2. The lowest BCUT2D eigenvalue weighted by atomic mass is 10.1. The van der Waals surface area contributed by atoms with Gasteiger partial charge >= 0.3 is 0 Å². The summed E-state index contributed by atoms with van der Waals surface area (Å²) in [4.78, 5) is 6.73. The van der Waals surface area contributed by atoms with E-state index < -0.39 is 0 Å². The van der Waals surface area contributed by atoms with Crippen molar-refractivity contribution in [3.63, 3.8) is 0 Å². The molecule has 2 nitrogen and oxygen atoms in total. The van der Waals surface area contributed by atoms with Crippen LogP contribution >= 0.6 is 23.1 Å². The van der Waals surface area contributed by atoms with Crippen LogP contribution in [0, 0.1) is 0 Å². The maximum atomic E-state index is 4.09. The normalized spacial score (nSPS) is 11.7. The molecule has 1 N–H and O–H groups in total. The summed E-state index contributed by atoms with van der Waals surface area (Å²) in [6.45, 7) is 7.48. The molecular weight excluding hydrogens is 272 g/mol. The van der Waals surface area contributed by atoms with E-state index in [-0.39, 0.29) is 5.54 Å². The molecule has 1 aromatic carbocycles. The molecule has 0 fully saturated rings. The van der Waals surface area contributed by atoms with Crippen molar-refractivity contribution < 1.29 is 0 Å². The predicted octanol–water partition coefficient (Wildman–Crippen LogP) is 4.32. The molecule has 0 bridgehead atoms. The molecule has 0 aliphatic heterocycles. The number of rotatable bonds is 5. The highest BCUT2D eigenvalue weighted by molar-refractivity contribution is 7.98. The highest BCUT2D eigenvalue weighted by atomic mass is 32.2. The van der Waals surface area contributed by atoms with Gasteiger partial charge in [-0.15, -0.1) is 23.1 Å². The van der Waals surface area contributed by atoms with E-state index in [0.717, 1.165) is 12.3 Å². The van der Waals surface area contributed by atoms with Gasteiger partial charge in [0.25, 0.3) is 0 Å². The zero-order chi connectivity index (χ0) is 13.7. The molecule has 0 radical (unpaired) electrons. The second-order valence-corrected chi connectivity index (χ2v) is 7.52. The van der Waals surface area contributed by atoms with Crippen LogP contribution in [-0.4, -0.2) is 10.5 Å². The van der Waals surface area contributed by atoms with Crippen LogP contribution in [0.25, 0.3) is 0 Å². The smallest absolute Gasteiger partial charge is 0.0794 e. The third-order valence-corrected chi connectivity index (χ3v) is 4.63. The van der Waals surface area contributed by atoms with E-state index in [4.69, 9.17) is 0 Å². The van der Waals surface area contributed by atoms with Crippen LogP contribution in [0.4, 0.5) is 0 Å². The van der Waals surface area contributed by atoms with Gasteiger partial charge in [0, 0.05) is 33.8 Å². The molecule has 0 spiro atoms. The van der Waals surface area contributed by atoms with Gasteiger partial charge in [0.15, 0.2) is 0 Å². The maximum Gasteiger partial charge on any atom is 0.0794 e. The molecule has 102 valence electrons. The number of nitrogens with zero attached hydrogens (tertiary/aromatic N) is 1. The van der Waals surface area contributed by atoms with Crippen molar-refractivity contribution in [2.45, 2.75) is 43.5 Å². The maximum absolute atomic E-state index is 4.09. The fourth-order valence-electron chi connectivity index (χ4n) is 1.54. The Labute approximate surface area is 123 Å². The second kappa shape index (κ2) is 6.55. The summed E-state index contributed by atoms with van der Waals surface area (Å²) >= 11 is 3.57. The summed E-state index contributed by atoms with van der Waals surface area (Å²) in [5.74, 6) is 1.00. The predicted molar refractivity (Wildman–Crippen MR) is 84.7 cm³/mol. The van der Waals surface area contributed by atoms with Crippen LogP contribution in [0.1, 0.15) is 31.2 Å². The van der Waals surface area contributed by atoms with Crippen LogP contribution < -0.4 is 5.32 Å². The van der Waals surface area contributed by atoms with Crippen molar-refractivity contribution in [2.24, 2.45) is 0 Å². The van der Waals surface area contributed by atoms with Crippen LogP contribution in [0.2, 0.25) is 0 Å². The zero-order valence-corrected chi connectivity index (χ0v) is 13.3. The minimum Gasteiger partial charge on any atom is -0.308 e. The van der Waals surface area contributed by atoms with Crippen LogP contribution in [0.15, 0.2) is 40.9 Å². The molecule has 0 amide bonds. The van der Waals surface area contributed by atoms with E-state index in [0.29, 0.717) is 0 Å². The van der Waals surface area contributed by atoms with Gasteiger partial charge < -0.3 is 5.32 Å². The van der Waals surface area contributed by atoms with Crippen LogP contribution in [0.3, 0.4) is 0 Å². The number of benzene rings is 1. The van der Waals surface area contributed by atoms with Crippen molar-refractivity contribution in [3.05, 3.63) is 46.4 Å². The summed E-state index contributed by atoms with van der Waals surface area (Å²) in [5.41, 5.74) is 3.38. The Morgan fingerprint density at radius 3 is 2.53 bits per heavy atom. The van der Waals surface area contributed by atoms with Gasteiger partial charge in [0.05, 0.1) is 5.51 Å². The first kappa shape index (κ1) is 14.6. The van der Waals surface area contributed by atoms with Gasteiger partial charge in [-0.25, -0.2) is 0 Å². The first-order valence-corrected chi connectivity index (χ1v) is 8.23. The highest BCUT2D eigenvalue weighted by Crippen LogP contribution is 2.24. The van der Waals surface area contributed by atoms with Gasteiger partial charge in [-0.3, -0.25) is 4.98 Å².